The second-order valence-corrected chi connectivity index (χ2v) is 7.71. The number of rotatable bonds is 1. The summed E-state index contributed by atoms with van der Waals surface area (Å²) >= 11 is 3.64. The number of hydrogen-bond acceptors (Lipinski definition) is 1. The molecule has 4 aromatic carbocycles. The van der Waals surface area contributed by atoms with Crippen molar-refractivity contribution in [3.05, 3.63) is 83.3 Å². The first kappa shape index (κ1) is 15.1. The van der Waals surface area contributed by atoms with Crippen molar-refractivity contribution >= 4 is 59.7 Å². The van der Waals surface area contributed by atoms with Crippen molar-refractivity contribution in [2.24, 2.45) is 0 Å². The van der Waals surface area contributed by atoms with E-state index in [1.165, 1.54) is 21.9 Å². The van der Waals surface area contributed by atoms with Crippen LogP contribution in [-0.4, -0.2) is 4.98 Å². The van der Waals surface area contributed by atoms with Gasteiger partial charge in [-0.15, -0.1) is 0 Å². The Bertz CT molecular complexity index is 1490. The van der Waals surface area contributed by atoms with Crippen LogP contribution in [0.5, 0.6) is 0 Å². The summed E-state index contributed by atoms with van der Waals surface area (Å²) in [6, 6.07) is 27.5. The van der Waals surface area contributed by atoms with Crippen molar-refractivity contribution in [3.8, 4) is 11.1 Å². The molecule has 0 unspecified atom stereocenters. The van der Waals surface area contributed by atoms with Gasteiger partial charge in [0.25, 0.3) is 0 Å². The van der Waals surface area contributed by atoms with Gasteiger partial charge in [0, 0.05) is 31.5 Å². The molecular weight excluding hydrogens is 398 g/mol. The molecule has 0 fully saturated rings. The van der Waals surface area contributed by atoms with Gasteiger partial charge in [0.2, 0.25) is 0 Å². The number of H-pyrrole nitrogens is 1. The minimum Gasteiger partial charge on any atom is -0.456 e. The van der Waals surface area contributed by atoms with Crippen LogP contribution in [0.2, 0.25) is 0 Å². The number of furan rings is 1. The fourth-order valence-corrected chi connectivity index (χ4v) is 4.44. The summed E-state index contributed by atoms with van der Waals surface area (Å²) in [4.78, 5) is 3.51. The van der Waals surface area contributed by atoms with E-state index in [1.54, 1.807) is 0 Å². The molecular formula is C24H14BrNO. The topological polar surface area (TPSA) is 28.9 Å². The Morgan fingerprint density at radius 3 is 2.30 bits per heavy atom. The van der Waals surface area contributed by atoms with Gasteiger partial charge in [0.05, 0.1) is 5.52 Å². The maximum absolute atomic E-state index is 5.96. The molecule has 27 heavy (non-hydrogen) atoms. The molecule has 0 bridgehead atoms. The molecule has 0 aliphatic carbocycles. The van der Waals surface area contributed by atoms with Crippen LogP contribution in [0.15, 0.2) is 87.8 Å². The molecule has 0 atom stereocenters. The average Bonchev–Trinajstić information content (AvgIpc) is 3.26. The van der Waals surface area contributed by atoms with E-state index >= 15 is 0 Å². The van der Waals surface area contributed by atoms with Crippen molar-refractivity contribution in [3.63, 3.8) is 0 Å². The van der Waals surface area contributed by atoms with E-state index in [0.29, 0.717) is 0 Å². The molecule has 2 nitrogen and oxygen atoms in total. The smallest absolute Gasteiger partial charge is 0.135 e. The number of aromatic nitrogens is 1. The molecule has 0 aliphatic rings. The third-order valence-corrected chi connectivity index (χ3v) is 5.95. The number of nitrogens with one attached hydrogen (secondary N) is 1. The van der Waals surface area contributed by atoms with Crippen LogP contribution in [0.4, 0.5) is 0 Å². The van der Waals surface area contributed by atoms with E-state index < -0.39 is 0 Å². The maximum Gasteiger partial charge on any atom is 0.135 e. The zero-order valence-electron chi connectivity index (χ0n) is 14.3. The molecule has 0 saturated carbocycles. The van der Waals surface area contributed by atoms with E-state index in [4.69, 9.17) is 4.42 Å². The largest absolute Gasteiger partial charge is 0.456 e. The van der Waals surface area contributed by atoms with Gasteiger partial charge in [0.15, 0.2) is 0 Å². The van der Waals surface area contributed by atoms with Crippen LogP contribution in [0.3, 0.4) is 0 Å². The lowest BCUT2D eigenvalue weighted by Crippen LogP contribution is -1.78. The van der Waals surface area contributed by atoms with Crippen LogP contribution < -0.4 is 0 Å². The fourth-order valence-electron chi connectivity index (χ4n) is 3.97. The average molecular weight is 412 g/mol. The van der Waals surface area contributed by atoms with Gasteiger partial charge in [0.1, 0.15) is 11.2 Å². The molecule has 3 heteroatoms. The predicted molar refractivity (Wildman–Crippen MR) is 116 cm³/mol. The van der Waals surface area contributed by atoms with E-state index in [2.05, 4.69) is 87.6 Å². The number of benzene rings is 4. The van der Waals surface area contributed by atoms with Crippen molar-refractivity contribution in [2.45, 2.75) is 0 Å². The molecule has 2 aromatic heterocycles. The van der Waals surface area contributed by atoms with Crippen LogP contribution in [-0.2, 0) is 0 Å². The summed E-state index contributed by atoms with van der Waals surface area (Å²) in [7, 11) is 0. The van der Waals surface area contributed by atoms with Crippen LogP contribution in [0.1, 0.15) is 0 Å². The third-order valence-electron chi connectivity index (χ3n) is 5.29. The Labute approximate surface area is 163 Å². The summed E-state index contributed by atoms with van der Waals surface area (Å²) in [5, 5.41) is 4.79. The molecule has 0 aliphatic heterocycles. The lowest BCUT2D eigenvalue weighted by Gasteiger charge is -2.03. The highest BCUT2D eigenvalue weighted by atomic mass is 79.9. The summed E-state index contributed by atoms with van der Waals surface area (Å²) in [5.74, 6) is 0. The lowest BCUT2D eigenvalue weighted by molar-refractivity contribution is 0.669. The molecule has 2 heterocycles. The van der Waals surface area contributed by atoms with Gasteiger partial charge >= 0.3 is 0 Å². The number of hydrogen-bond donors (Lipinski definition) is 1. The van der Waals surface area contributed by atoms with E-state index in [9.17, 15) is 0 Å². The first-order valence-electron chi connectivity index (χ1n) is 8.89. The van der Waals surface area contributed by atoms with Crippen LogP contribution in [0, 0.1) is 0 Å². The van der Waals surface area contributed by atoms with Gasteiger partial charge < -0.3 is 9.40 Å². The molecule has 6 aromatic rings. The van der Waals surface area contributed by atoms with Crippen molar-refractivity contribution < 1.29 is 4.42 Å². The third kappa shape index (κ3) is 2.18. The van der Waals surface area contributed by atoms with Crippen LogP contribution in [0.25, 0.3) is 54.9 Å². The molecule has 0 spiro atoms. The van der Waals surface area contributed by atoms with Crippen molar-refractivity contribution in [2.75, 3.05) is 0 Å². The Morgan fingerprint density at radius 1 is 0.630 bits per heavy atom. The number of para-hydroxylation sites is 2. The minimum atomic E-state index is 0.928. The highest BCUT2D eigenvalue weighted by Crippen LogP contribution is 2.35. The highest BCUT2D eigenvalue weighted by molar-refractivity contribution is 9.10. The highest BCUT2D eigenvalue weighted by Gasteiger charge is 2.11. The second kappa shape index (κ2) is 5.48. The van der Waals surface area contributed by atoms with Crippen molar-refractivity contribution in [1.29, 1.82) is 0 Å². The van der Waals surface area contributed by atoms with Gasteiger partial charge in [-0.25, -0.2) is 0 Å². The Morgan fingerprint density at radius 2 is 1.37 bits per heavy atom. The Balaban J connectivity index is 1.61. The predicted octanol–water partition coefficient (Wildman–Crippen LogP) is 7.65. The monoisotopic (exact) mass is 411 g/mol. The zero-order chi connectivity index (χ0) is 18.0. The quantitative estimate of drug-likeness (QED) is 0.295. The number of fused-ring (bicyclic) bond motifs is 6. The summed E-state index contributed by atoms with van der Waals surface area (Å²) < 4.78 is 7.05. The molecule has 128 valence electrons. The fraction of sp³-hybridized carbons (Fsp3) is 0. The summed E-state index contributed by atoms with van der Waals surface area (Å²) in [5.41, 5.74) is 6.55. The van der Waals surface area contributed by atoms with Gasteiger partial charge in [-0.3, -0.25) is 0 Å². The van der Waals surface area contributed by atoms with Crippen LogP contribution >= 0.6 is 15.9 Å². The summed E-state index contributed by atoms with van der Waals surface area (Å²) in [6.07, 6.45) is 0. The molecule has 0 amide bonds. The van der Waals surface area contributed by atoms with Gasteiger partial charge in [-0.1, -0.05) is 42.5 Å². The Hall–Kier alpha value is -3.04. The standard InChI is InChI=1S/C24H14BrNO/c25-20-6-3-5-17-18-12-14(8-10-21(18)26-24(17)20)15-9-11-23-19(13-15)16-4-1-2-7-22(16)27-23/h1-13,26H. The molecule has 6 rings (SSSR count). The molecule has 0 radical (unpaired) electrons. The van der Waals surface area contributed by atoms with E-state index in [1.807, 2.05) is 12.1 Å². The van der Waals surface area contributed by atoms with E-state index in [0.717, 1.165) is 37.4 Å². The minimum absolute atomic E-state index is 0.928. The zero-order valence-corrected chi connectivity index (χ0v) is 15.9. The first-order chi connectivity index (χ1) is 13.3. The second-order valence-electron chi connectivity index (χ2n) is 6.86. The summed E-state index contributed by atoms with van der Waals surface area (Å²) in [6.45, 7) is 0. The Kier molecular flexibility index (Phi) is 3.06. The molecule has 1 N–H and O–H groups in total. The lowest BCUT2D eigenvalue weighted by atomic mass is 10.0. The van der Waals surface area contributed by atoms with Crippen molar-refractivity contribution in [1.82, 2.24) is 4.98 Å². The number of halogens is 1. The van der Waals surface area contributed by atoms with Gasteiger partial charge in [-0.2, -0.15) is 0 Å². The maximum atomic E-state index is 5.96. The van der Waals surface area contributed by atoms with Gasteiger partial charge in [-0.05, 0) is 63.5 Å². The first-order valence-corrected chi connectivity index (χ1v) is 9.69. The normalized spacial score (nSPS) is 11.9. The van der Waals surface area contributed by atoms with E-state index in [-0.39, 0.29) is 0 Å². The SMILES string of the molecule is Brc1cccc2c1[nH]c1ccc(-c3ccc4oc5ccccc5c4c3)cc12. The number of aromatic amines is 1. The molecule has 0 saturated heterocycles.